The Morgan fingerprint density at radius 1 is 0.552 bits per heavy atom. The smallest absolute Gasteiger partial charge is 2.00 e. The molecule has 158 valence electrons. The predicted molar refractivity (Wildman–Crippen MR) is 84.2 cm³/mol. The van der Waals surface area contributed by atoms with Gasteiger partial charge in [-0.15, -0.1) is 0 Å². The molecule has 0 saturated carbocycles. The van der Waals surface area contributed by atoms with Crippen LogP contribution >= 0.6 is 0 Å². The maximum atomic E-state index is 11.1. The summed E-state index contributed by atoms with van der Waals surface area (Å²) in [5.41, 5.74) is 0.440. The van der Waals surface area contributed by atoms with Crippen molar-refractivity contribution >= 4 is 31.9 Å². The van der Waals surface area contributed by atoms with E-state index in [1.165, 1.54) is 24.3 Å². The van der Waals surface area contributed by atoms with Crippen LogP contribution in [0.3, 0.4) is 0 Å². The van der Waals surface area contributed by atoms with Gasteiger partial charge < -0.3 is 16.4 Å². The van der Waals surface area contributed by atoms with Gasteiger partial charge in [0.1, 0.15) is 9.79 Å². The van der Waals surface area contributed by atoms with Crippen LogP contribution in [0.15, 0.2) is 58.3 Å². The van der Waals surface area contributed by atoms with Crippen LogP contribution in [0.2, 0.25) is 0 Å². The first-order valence-corrected chi connectivity index (χ1v) is 9.51. The molecular formula is C14H10Fe2N2O9S2. The summed E-state index contributed by atoms with van der Waals surface area (Å²) < 4.78 is 48.3. The summed E-state index contributed by atoms with van der Waals surface area (Å²) in [4.78, 5) is 22.1. The topological polar surface area (TPSA) is 212 Å². The minimum Gasteiger partial charge on any atom is -2.00 e. The molecule has 15 heteroatoms. The minimum absolute atomic E-state index is 0. The van der Waals surface area contributed by atoms with Crippen LogP contribution in [0.5, 0.6) is 0 Å². The van der Waals surface area contributed by atoms with Crippen molar-refractivity contribution in [3.05, 3.63) is 59.7 Å². The summed E-state index contributed by atoms with van der Waals surface area (Å²) in [6.45, 7) is 0. The number of fused-ring (bicyclic) bond motifs is 2. The summed E-state index contributed by atoms with van der Waals surface area (Å²) in [6, 6.07) is 12.2. The molecule has 0 spiro atoms. The first-order chi connectivity index (χ1) is 11.2. The fourth-order valence-electron chi connectivity index (χ4n) is 2.24. The SMILES string of the molecule is O=C1NS(=O)(=O)c2ccccc21.O=C1NS(=O)(=O)c2ccccc21.[Fe+3].[Fe+3].[O-2].[O-2].[O-2]. The van der Waals surface area contributed by atoms with Crippen LogP contribution in [-0.2, 0) is 70.6 Å². The number of nitrogens with one attached hydrogen (secondary N) is 2. The minimum atomic E-state index is -3.55. The molecule has 0 aliphatic carbocycles. The van der Waals surface area contributed by atoms with Crippen LogP contribution in [0, 0.1) is 0 Å². The van der Waals surface area contributed by atoms with Gasteiger partial charge in [-0.05, 0) is 24.3 Å². The zero-order valence-corrected chi connectivity index (χ0v) is 17.7. The van der Waals surface area contributed by atoms with E-state index >= 15 is 0 Å². The Hall–Kier alpha value is -1.80. The standard InChI is InChI=1S/2C7H5NO3S.2Fe.3O/c2*9-7-5-3-1-2-4-6(5)12(10,11)8-7;;;;;/h2*1-4H,(H,8,9);;;;;/q;;2*+3;3*-2. The fourth-order valence-corrected chi connectivity index (χ4v) is 4.59. The monoisotopic (exact) mass is 526 g/mol. The van der Waals surface area contributed by atoms with Crippen molar-refractivity contribution in [1.82, 2.24) is 9.44 Å². The zero-order valence-electron chi connectivity index (χ0n) is 13.8. The van der Waals surface area contributed by atoms with E-state index in [2.05, 4.69) is 0 Å². The second-order valence-electron chi connectivity index (χ2n) is 4.86. The number of benzene rings is 2. The molecule has 0 bridgehead atoms. The molecule has 0 unspecified atom stereocenters. The van der Waals surface area contributed by atoms with Gasteiger partial charge in [0, 0.05) is 0 Å². The number of amides is 2. The molecule has 11 nitrogen and oxygen atoms in total. The summed E-state index contributed by atoms with van der Waals surface area (Å²) in [5.74, 6) is -1.10. The van der Waals surface area contributed by atoms with Crippen molar-refractivity contribution < 1.29 is 77.0 Å². The van der Waals surface area contributed by atoms with E-state index in [1.807, 2.05) is 9.44 Å². The van der Waals surface area contributed by atoms with E-state index in [1.54, 1.807) is 24.3 Å². The summed E-state index contributed by atoms with van der Waals surface area (Å²) in [5, 5.41) is 0. The van der Waals surface area contributed by atoms with Gasteiger partial charge in [-0.2, -0.15) is 0 Å². The Morgan fingerprint density at radius 2 is 0.828 bits per heavy atom. The Balaban J connectivity index is -0.000000398. The molecule has 2 heterocycles. The first kappa shape index (κ1) is 31.9. The van der Waals surface area contributed by atoms with E-state index < -0.39 is 31.9 Å². The van der Waals surface area contributed by atoms with Gasteiger partial charge in [0.2, 0.25) is 0 Å². The zero-order chi connectivity index (χ0) is 17.5. The molecule has 2 N–H and O–H groups in total. The summed E-state index contributed by atoms with van der Waals surface area (Å²) in [6.07, 6.45) is 0. The van der Waals surface area contributed by atoms with Gasteiger partial charge >= 0.3 is 34.1 Å². The molecule has 0 saturated heterocycles. The average Bonchev–Trinajstić information content (AvgIpc) is 2.91. The van der Waals surface area contributed by atoms with Gasteiger partial charge in [0.05, 0.1) is 11.1 Å². The van der Waals surface area contributed by atoms with Crippen molar-refractivity contribution in [3.8, 4) is 0 Å². The van der Waals surface area contributed by atoms with Crippen LogP contribution in [0.1, 0.15) is 20.7 Å². The molecule has 0 aromatic heterocycles. The van der Waals surface area contributed by atoms with Crippen molar-refractivity contribution in [2.24, 2.45) is 0 Å². The number of sulfonamides is 2. The number of hydrogen-bond acceptors (Lipinski definition) is 6. The maximum absolute atomic E-state index is 11.1. The predicted octanol–water partition coefficient (Wildman–Crippen LogP) is -0.124. The third-order valence-corrected chi connectivity index (χ3v) is 6.07. The van der Waals surface area contributed by atoms with Crippen molar-refractivity contribution in [2.45, 2.75) is 9.79 Å². The number of hydrogen-bond donors (Lipinski definition) is 2. The van der Waals surface area contributed by atoms with E-state index in [-0.39, 0.29) is 71.5 Å². The van der Waals surface area contributed by atoms with E-state index in [9.17, 15) is 26.4 Å². The van der Waals surface area contributed by atoms with E-state index in [0.29, 0.717) is 0 Å². The fraction of sp³-hybridized carbons (Fsp3) is 0. The third kappa shape index (κ3) is 6.09. The van der Waals surface area contributed by atoms with Crippen LogP contribution < -0.4 is 9.44 Å². The number of carbonyl (C=O) groups is 2. The van der Waals surface area contributed by atoms with Crippen LogP contribution in [0.25, 0.3) is 0 Å². The van der Waals surface area contributed by atoms with Crippen molar-refractivity contribution in [1.29, 1.82) is 0 Å². The molecule has 2 aromatic carbocycles. The Bertz CT molecular complexity index is 1000. The van der Waals surface area contributed by atoms with E-state index in [0.717, 1.165) is 0 Å². The second-order valence-corrected chi connectivity index (χ2v) is 8.16. The van der Waals surface area contributed by atoms with Crippen molar-refractivity contribution in [2.75, 3.05) is 0 Å². The molecular weight excluding hydrogens is 516 g/mol. The summed E-state index contributed by atoms with van der Waals surface area (Å²) in [7, 11) is -7.11. The third-order valence-electron chi connectivity index (χ3n) is 3.30. The van der Waals surface area contributed by atoms with Crippen LogP contribution in [-0.4, -0.2) is 28.6 Å². The Labute approximate surface area is 187 Å². The molecule has 2 aromatic rings. The van der Waals surface area contributed by atoms with Crippen molar-refractivity contribution in [3.63, 3.8) is 0 Å². The molecule has 0 fully saturated rings. The van der Waals surface area contributed by atoms with Crippen LogP contribution in [0.4, 0.5) is 0 Å². The molecule has 29 heavy (non-hydrogen) atoms. The molecule has 0 atom stereocenters. The largest absolute Gasteiger partial charge is 3.00 e. The van der Waals surface area contributed by atoms with Gasteiger partial charge in [-0.25, -0.2) is 26.3 Å². The maximum Gasteiger partial charge on any atom is 3.00 e. The molecule has 2 aliphatic heterocycles. The van der Waals surface area contributed by atoms with Gasteiger partial charge in [0.25, 0.3) is 31.9 Å². The number of carbonyl (C=O) groups excluding carboxylic acids is 2. The molecule has 2 radical (unpaired) electrons. The Morgan fingerprint density at radius 3 is 1.10 bits per heavy atom. The summed E-state index contributed by atoms with van der Waals surface area (Å²) >= 11 is 0. The average molecular weight is 526 g/mol. The normalized spacial score (nSPS) is 15.3. The molecule has 2 aliphatic rings. The van der Waals surface area contributed by atoms with E-state index in [4.69, 9.17) is 0 Å². The second kappa shape index (κ2) is 11.4. The Kier molecular flexibility index (Phi) is 12.5. The molecule has 2 amide bonds. The van der Waals surface area contributed by atoms with Gasteiger partial charge in [0.15, 0.2) is 0 Å². The molecule has 4 rings (SSSR count). The first-order valence-electron chi connectivity index (χ1n) is 6.55. The number of rotatable bonds is 0. The van der Waals surface area contributed by atoms with Gasteiger partial charge in [-0.3, -0.25) is 9.59 Å². The van der Waals surface area contributed by atoms with Gasteiger partial charge in [-0.1, -0.05) is 24.3 Å². The quantitative estimate of drug-likeness (QED) is 0.446.